The molecule has 0 unspecified atom stereocenters. The maximum absolute atomic E-state index is 11.9. The van der Waals surface area contributed by atoms with Gasteiger partial charge in [0.25, 0.3) is 8.32 Å². The van der Waals surface area contributed by atoms with Crippen LogP contribution in [-0.2, 0) is 9.22 Å². The molecule has 0 saturated heterocycles. The van der Waals surface area contributed by atoms with E-state index in [1.165, 1.54) is 0 Å². The van der Waals surface area contributed by atoms with Crippen LogP contribution in [0.25, 0.3) is 0 Å². The lowest BCUT2D eigenvalue weighted by Gasteiger charge is -2.37. The maximum atomic E-state index is 11.9. The molecule has 0 amide bonds. The fourth-order valence-electron chi connectivity index (χ4n) is 3.76. The smallest absolute Gasteiger partial charge is 0.310 e. The van der Waals surface area contributed by atoms with Crippen molar-refractivity contribution in [1.82, 2.24) is 5.32 Å². The average molecular weight is 406 g/mol. The lowest BCUT2D eigenvalue weighted by molar-refractivity contribution is -0.144. The van der Waals surface area contributed by atoms with E-state index in [9.17, 15) is 9.90 Å². The Balaban J connectivity index is 2.21. The quantitative estimate of drug-likeness (QED) is 0.422. The molecule has 0 bridgehead atoms. The molecule has 5 heteroatoms. The highest BCUT2D eigenvalue weighted by molar-refractivity contribution is 7.07. The number of aliphatic carboxylic acids is 1. The van der Waals surface area contributed by atoms with Gasteiger partial charge in [-0.1, -0.05) is 91.0 Å². The van der Waals surface area contributed by atoms with Gasteiger partial charge >= 0.3 is 5.97 Å². The predicted molar refractivity (Wildman–Crippen MR) is 120 cm³/mol. The zero-order valence-corrected chi connectivity index (χ0v) is 17.8. The molecule has 0 fully saturated rings. The molecule has 0 heterocycles. The second-order valence-corrected chi connectivity index (χ2v) is 10.4. The number of nitrogens with one attached hydrogen (secondary N) is 1. The Kier molecular flexibility index (Phi) is 6.98. The molecule has 0 saturated carbocycles. The Labute approximate surface area is 173 Å². The molecule has 0 aliphatic carbocycles. The molecule has 2 N–H and O–H groups in total. The number of hydrogen-bond acceptors (Lipinski definition) is 3. The summed E-state index contributed by atoms with van der Waals surface area (Å²) < 4.78 is 6.89. The summed E-state index contributed by atoms with van der Waals surface area (Å²) >= 11 is 0. The van der Waals surface area contributed by atoms with Crippen molar-refractivity contribution in [1.29, 1.82) is 0 Å². The van der Waals surface area contributed by atoms with Gasteiger partial charge in [-0.15, -0.1) is 0 Å². The Hall–Kier alpha value is -2.73. The van der Waals surface area contributed by atoms with Crippen LogP contribution in [0.3, 0.4) is 0 Å². The van der Waals surface area contributed by atoms with E-state index < -0.39 is 26.3 Å². The van der Waals surface area contributed by atoms with Gasteiger partial charge in [-0.2, -0.15) is 0 Å². The normalized spacial score (nSPS) is 13.6. The van der Waals surface area contributed by atoms with Crippen molar-refractivity contribution in [3.8, 4) is 0 Å². The summed E-state index contributed by atoms with van der Waals surface area (Å²) in [6.07, 6.45) is -0.479. The summed E-state index contributed by atoms with van der Waals surface area (Å²) in [4.78, 5) is 11.9. The minimum atomic E-state index is -2.92. The van der Waals surface area contributed by atoms with Crippen LogP contribution in [0.4, 0.5) is 0 Å². The standard InChI is InChI=1S/C24H27NO3Si/c1-19(23(18-25-2)24(26)27)28-29(20-12-6-3-7-13-20,21-14-8-4-9-15-21)22-16-10-5-11-17-22/h3-17,19,23,25H,18H2,1-2H3,(H,26,27)/t19-,23+/m1/s1. The maximum Gasteiger partial charge on any atom is 0.310 e. The molecule has 150 valence electrons. The minimum absolute atomic E-state index is 0.347. The van der Waals surface area contributed by atoms with Crippen molar-refractivity contribution >= 4 is 29.8 Å². The van der Waals surface area contributed by atoms with Gasteiger partial charge in [-0.05, 0) is 29.5 Å². The minimum Gasteiger partial charge on any atom is -0.481 e. The summed E-state index contributed by atoms with van der Waals surface area (Å²) in [7, 11) is -1.15. The van der Waals surface area contributed by atoms with Gasteiger partial charge in [0.1, 0.15) is 0 Å². The summed E-state index contributed by atoms with van der Waals surface area (Å²) in [5.41, 5.74) is 0. The first kappa shape index (κ1) is 21.0. The zero-order chi connectivity index (χ0) is 20.7. The van der Waals surface area contributed by atoms with Crippen LogP contribution in [-0.4, -0.2) is 39.1 Å². The van der Waals surface area contributed by atoms with Crippen molar-refractivity contribution < 1.29 is 14.3 Å². The Bertz CT molecular complexity index is 807. The summed E-state index contributed by atoms with van der Waals surface area (Å²) in [6.45, 7) is 2.21. The van der Waals surface area contributed by atoms with Crippen molar-refractivity contribution in [3.05, 3.63) is 91.0 Å². The van der Waals surface area contributed by atoms with Crippen LogP contribution in [0.15, 0.2) is 91.0 Å². The Morgan fingerprint density at radius 1 is 0.862 bits per heavy atom. The lowest BCUT2D eigenvalue weighted by atomic mass is 10.0. The first-order valence-corrected chi connectivity index (χ1v) is 11.7. The van der Waals surface area contributed by atoms with Crippen LogP contribution in [0.5, 0.6) is 0 Å². The van der Waals surface area contributed by atoms with E-state index in [1.807, 2.05) is 61.5 Å². The number of carbonyl (C=O) groups is 1. The molecule has 29 heavy (non-hydrogen) atoms. The average Bonchev–Trinajstić information content (AvgIpc) is 2.77. The van der Waals surface area contributed by atoms with Gasteiger partial charge in [-0.25, -0.2) is 0 Å². The predicted octanol–water partition coefficient (Wildman–Crippen LogP) is 1.98. The number of hydrogen-bond donors (Lipinski definition) is 2. The second-order valence-electron chi connectivity index (χ2n) is 7.10. The van der Waals surface area contributed by atoms with Gasteiger partial charge in [0.15, 0.2) is 0 Å². The van der Waals surface area contributed by atoms with Gasteiger partial charge in [0.2, 0.25) is 0 Å². The van der Waals surface area contributed by atoms with Crippen LogP contribution in [0.2, 0.25) is 0 Å². The molecule has 0 aliphatic rings. The zero-order valence-electron chi connectivity index (χ0n) is 16.8. The molecular weight excluding hydrogens is 378 g/mol. The van der Waals surface area contributed by atoms with Gasteiger partial charge < -0.3 is 14.8 Å². The van der Waals surface area contributed by atoms with Crippen molar-refractivity contribution in [3.63, 3.8) is 0 Å². The third-order valence-electron chi connectivity index (χ3n) is 5.21. The van der Waals surface area contributed by atoms with Crippen LogP contribution in [0.1, 0.15) is 6.92 Å². The van der Waals surface area contributed by atoms with Crippen molar-refractivity contribution in [2.45, 2.75) is 13.0 Å². The van der Waals surface area contributed by atoms with Crippen molar-refractivity contribution in [2.75, 3.05) is 13.6 Å². The Morgan fingerprint density at radius 2 is 1.24 bits per heavy atom. The Morgan fingerprint density at radius 3 is 1.55 bits per heavy atom. The third kappa shape index (κ3) is 4.48. The van der Waals surface area contributed by atoms with Gasteiger partial charge in [0.05, 0.1) is 12.0 Å². The summed E-state index contributed by atoms with van der Waals surface area (Å²) in [6, 6.07) is 30.6. The molecule has 2 atom stereocenters. The summed E-state index contributed by atoms with van der Waals surface area (Å²) in [5.74, 6) is -1.51. The van der Waals surface area contributed by atoms with Crippen LogP contribution in [0, 0.1) is 5.92 Å². The molecular formula is C24H27NO3Si. The molecule has 4 nitrogen and oxygen atoms in total. The highest BCUT2D eigenvalue weighted by Crippen LogP contribution is 2.17. The highest BCUT2D eigenvalue weighted by Gasteiger charge is 2.44. The topological polar surface area (TPSA) is 58.6 Å². The monoisotopic (exact) mass is 405 g/mol. The van der Waals surface area contributed by atoms with Gasteiger partial charge in [0, 0.05) is 6.54 Å². The molecule has 0 spiro atoms. The number of benzene rings is 3. The van der Waals surface area contributed by atoms with E-state index in [1.54, 1.807) is 7.05 Å². The second kappa shape index (κ2) is 9.65. The molecule has 0 aliphatic heterocycles. The van der Waals surface area contributed by atoms with Crippen LogP contribution < -0.4 is 20.9 Å². The van der Waals surface area contributed by atoms with E-state index >= 15 is 0 Å². The van der Waals surface area contributed by atoms with Gasteiger partial charge in [-0.3, -0.25) is 4.79 Å². The van der Waals surface area contributed by atoms with Crippen LogP contribution >= 0.6 is 0 Å². The first-order valence-electron chi connectivity index (χ1n) is 9.81. The molecule has 0 aromatic heterocycles. The molecule has 3 rings (SSSR count). The van der Waals surface area contributed by atoms with E-state index in [2.05, 4.69) is 41.7 Å². The number of carboxylic acid groups (broad SMARTS) is 1. The first-order chi connectivity index (χ1) is 14.1. The van der Waals surface area contributed by atoms with E-state index in [0.717, 1.165) is 15.6 Å². The fourth-order valence-corrected chi connectivity index (χ4v) is 7.87. The largest absolute Gasteiger partial charge is 0.481 e. The van der Waals surface area contributed by atoms with Crippen molar-refractivity contribution in [2.24, 2.45) is 5.92 Å². The highest BCUT2D eigenvalue weighted by atomic mass is 28.4. The SMILES string of the molecule is CNC[C@H](C(=O)O)[C@@H](C)O[Si](c1ccccc1)(c1ccccc1)c1ccccc1. The molecule has 0 radical (unpaired) electrons. The third-order valence-corrected chi connectivity index (χ3v) is 9.38. The van der Waals surface area contributed by atoms with E-state index in [-0.39, 0.29) is 0 Å². The molecule has 3 aromatic carbocycles. The lowest BCUT2D eigenvalue weighted by Crippen LogP contribution is -2.70. The fraction of sp³-hybridized carbons (Fsp3) is 0.208. The number of rotatable bonds is 9. The van der Waals surface area contributed by atoms with E-state index in [0.29, 0.717) is 6.54 Å². The summed E-state index contributed by atoms with van der Waals surface area (Å²) in [5, 5.41) is 16.1. The molecule has 3 aromatic rings. The number of carboxylic acids is 1. The van der Waals surface area contributed by atoms with E-state index in [4.69, 9.17) is 4.43 Å².